The number of aryl methyl sites for hydroxylation is 1. The Balaban J connectivity index is 2.93. The van der Waals surface area contributed by atoms with Crippen LogP contribution >= 0.6 is 0 Å². The van der Waals surface area contributed by atoms with Gasteiger partial charge in [-0.15, -0.1) is 0 Å². The van der Waals surface area contributed by atoms with Crippen molar-refractivity contribution in [2.75, 3.05) is 13.6 Å². The number of nitrogens with one attached hydrogen (secondary N) is 1. The largest absolute Gasteiger partial charge is 0.360 e. The Bertz CT molecular complexity index is 521. The minimum absolute atomic E-state index is 0.0306. The number of nitrogens with zero attached hydrogens (tertiary/aromatic N) is 2. The van der Waals surface area contributed by atoms with Crippen LogP contribution in [0.15, 0.2) is 4.52 Å². The van der Waals surface area contributed by atoms with E-state index in [9.17, 15) is 4.79 Å². The topological polar surface area (TPSA) is 58.4 Å². The third-order valence-corrected chi connectivity index (χ3v) is 5.54. The first kappa shape index (κ1) is 20.7. The maximum Gasteiger partial charge on any atom is 0.274 e. The van der Waals surface area contributed by atoms with Crippen LogP contribution in [0.2, 0.25) is 0 Å². The molecule has 0 saturated heterocycles. The van der Waals surface area contributed by atoms with Crippen molar-refractivity contribution in [3.05, 3.63) is 17.0 Å². The monoisotopic (exact) mass is 337 g/mol. The molecule has 5 heteroatoms. The van der Waals surface area contributed by atoms with Crippen LogP contribution < -0.4 is 5.32 Å². The van der Waals surface area contributed by atoms with E-state index in [0.717, 1.165) is 37.1 Å². The van der Waals surface area contributed by atoms with Crippen LogP contribution in [0.25, 0.3) is 0 Å². The van der Waals surface area contributed by atoms with Crippen LogP contribution in [0, 0.1) is 6.92 Å². The molecule has 1 unspecified atom stereocenters. The van der Waals surface area contributed by atoms with Gasteiger partial charge in [-0.1, -0.05) is 39.3 Å². The number of aromatic nitrogens is 1. The lowest BCUT2D eigenvalue weighted by atomic mass is 9.83. The Morgan fingerprint density at radius 3 is 2.38 bits per heavy atom. The smallest absolute Gasteiger partial charge is 0.274 e. The lowest BCUT2D eigenvalue weighted by molar-refractivity contribution is 0.0603. The fraction of sp³-hybridized carbons (Fsp3) is 0.789. The molecule has 0 aliphatic rings. The van der Waals surface area contributed by atoms with Crippen molar-refractivity contribution in [2.45, 2.75) is 85.2 Å². The Morgan fingerprint density at radius 2 is 1.92 bits per heavy atom. The molecule has 5 nitrogen and oxygen atoms in total. The SMILES string of the molecule is CCCCN(C)C(CC)(CC)C(C)NC(=O)c1noc(CC)c1C. The molecule has 0 saturated carbocycles. The van der Waals surface area contributed by atoms with Crippen LogP contribution in [0.1, 0.15) is 82.1 Å². The van der Waals surface area contributed by atoms with Crippen LogP contribution in [0.3, 0.4) is 0 Å². The summed E-state index contributed by atoms with van der Waals surface area (Å²) in [6.07, 6.45) is 5.06. The highest BCUT2D eigenvalue weighted by molar-refractivity contribution is 5.94. The normalized spacial score (nSPS) is 13.3. The summed E-state index contributed by atoms with van der Waals surface area (Å²) in [5, 5.41) is 7.14. The number of hydrogen-bond acceptors (Lipinski definition) is 4. The maximum atomic E-state index is 12.7. The van der Waals surface area contributed by atoms with E-state index >= 15 is 0 Å². The van der Waals surface area contributed by atoms with Crippen molar-refractivity contribution in [1.82, 2.24) is 15.4 Å². The summed E-state index contributed by atoms with van der Waals surface area (Å²) in [5.74, 6) is 0.642. The average molecular weight is 338 g/mol. The quantitative estimate of drug-likeness (QED) is 0.702. The molecule has 0 fully saturated rings. The summed E-state index contributed by atoms with van der Waals surface area (Å²) < 4.78 is 5.26. The average Bonchev–Trinajstić information content (AvgIpc) is 2.95. The zero-order valence-corrected chi connectivity index (χ0v) is 16.5. The standard InChI is InChI=1S/C19H35N3O2/c1-8-12-13-22(7)19(10-3,11-4)15(6)20-18(23)17-14(5)16(9-2)24-21-17/h15H,8-13H2,1-7H3,(H,20,23). The van der Waals surface area contributed by atoms with Crippen LogP contribution in [-0.4, -0.2) is 41.1 Å². The number of carbonyl (C=O) groups excluding carboxylic acids is 1. The maximum absolute atomic E-state index is 12.7. The van der Waals surface area contributed by atoms with Gasteiger partial charge in [-0.05, 0) is 46.7 Å². The summed E-state index contributed by atoms with van der Waals surface area (Å²) >= 11 is 0. The zero-order chi connectivity index (χ0) is 18.3. The molecule has 1 rings (SSSR count). The van der Waals surface area contributed by atoms with Crippen molar-refractivity contribution in [3.63, 3.8) is 0 Å². The molecule has 1 N–H and O–H groups in total. The van der Waals surface area contributed by atoms with E-state index in [-0.39, 0.29) is 17.5 Å². The van der Waals surface area contributed by atoms with E-state index in [1.54, 1.807) is 0 Å². The van der Waals surface area contributed by atoms with Gasteiger partial charge in [0, 0.05) is 23.6 Å². The molecule has 1 aromatic rings. The van der Waals surface area contributed by atoms with Gasteiger partial charge in [0.2, 0.25) is 0 Å². The van der Waals surface area contributed by atoms with E-state index in [2.05, 4.69) is 50.1 Å². The number of unbranched alkanes of at least 4 members (excludes halogenated alkanes) is 1. The van der Waals surface area contributed by atoms with Crippen LogP contribution in [-0.2, 0) is 6.42 Å². The minimum Gasteiger partial charge on any atom is -0.360 e. The van der Waals surface area contributed by atoms with E-state index in [1.807, 2.05) is 13.8 Å². The molecule has 0 aliphatic heterocycles. The summed E-state index contributed by atoms with van der Waals surface area (Å²) in [7, 11) is 2.17. The van der Waals surface area contributed by atoms with Crippen molar-refractivity contribution in [2.24, 2.45) is 0 Å². The van der Waals surface area contributed by atoms with Gasteiger partial charge in [-0.2, -0.15) is 0 Å². The van der Waals surface area contributed by atoms with Gasteiger partial charge in [-0.3, -0.25) is 9.69 Å². The highest BCUT2D eigenvalue weighted by Crippen LogP contribution is 2.28. The first-order chi connectivity index (χ1) is 11.4. The van der Waals surface area contributed by atoms with E-state index in [0.29, 0.717) is 5.69 Å². The molecule has 138 valence electrons. The van der Waals surface area contributed by atoms with Gasteiger partial charge in [0.25, 0.3) is 5.91 Å². The molecule has 1 aromatic heterocycles. The highest BCUT2D eigenvalue weighted by atomic mass is 16.5. The molecule has 1 atom stereocenters. The van der Waals surface area contributed by atoms with Crippen molar-refractivity contribution in [3.8, 4) is 0 Å². The second-order valence-electron chi connectivity index (χ2n) is 6.71. The summed E-state index contributed by atoms with van der Waals surface area (Å²) in [6.45, 7) is 13.6. The van der Waals surface area contributed by atoms with Crippen molar-refractivity contribution >= 4 is 5.91 Å². The first-order valence-electron chi connectivity index (χ1n) is 9.35. The molecule has 0 aromatic carbocycles. The Labute approximate surface area is 147 Å². The van der Waals surface area contributed by atoms with Crippen LogP contribution in [0.5, 0.6) is 0 Å². The fourth-order valence-electron chi connectivity index (χ4n) is 3.66. The third kappa shape index (κ3) is 4.18. The van der Waals surface area contributed by atoms with Gasteiger partial charge < -0.3 is 9.84 Å². The predicted octanol–water partition coefficient (Wildman–Crippen LogP) is 3.95. The van der Waals surface area contributed by atoms with Gasteiger partial charge in [0.05, 0.1) is 0 Å². The van der Waals surface area contributed by atoms with E-state index in [4.69, 9.17) is 4.52 Å². The molecule has 1 heterocycles. The predicted molar refractivity (Wildman–Crippen MR) is 98.4 cm³/mol. The minimum atomic E-state index is -0.140. The molecular formula is C19H35N3O2. The molecule has 1 amide bonds. The van der Waals surface area contributed by atoms with Gasteiger partial charge in [0.15, 0.2) is 5.69 Å². The van der Waals surface area contributed by atoms with Gasteiger partial charge in [0.1, 0.15) is 5.76 Å². The summed E-state index contributed by atoms with van der Waals surface area (Å²) in [5.41, 5.74) is 1.21. The number of carbonyl (C=O) groups is 1. The summed E-state index contributed by atoms with van der Waals surface area (Å²) in [6, 6.07) is 0.0306. The molecule has 0 radical (unpaired) electrons. The molecule has 0 bridgehead atoms. The van der Waals surface area contributed by atoms with Gasteiger partial charge >= 0.3 is 0 Å². The molecule has 0 spiro atoms. The van der Waals surface area contributed by atoms with E-state index in [1.165, 1.54) is 12.8 Å². The second-order valence-corrected chi connectivity index (χ2v) is 6.71. The molecule has 0 aliphatic carbocycles. The van der Waals surface area contributed by atoms with Crippen molar-refractivity contribution in [1.29, 1.82) is 0 Å². The Hall–Kier alpha value is -1.36. The highest BCUT2D eigenvalue weighted by Gasteiger charge is 2.38. The third-order valence-electron chi connectivity index (χ3n) is 5.54. The first-order valence-corrected chi connectivity index (χ1v) is 9.35. The fourth-order valence-corrected chi connectivity index (χ4v) is 3.66. The number of amides is 1. The second kappa shape index (κ2) is 9.21. The molecule has 24 heavy (non-hydrogen) atoms. The lowest BCUT2D eigenvalue weighted by Gasteiger charge is -2.45. The number of likely N-dealkylation sites (N-methyl/N-ethyl adjacent to an activating group) is 1. The number of hydrogen-bond donors (Lipinski definition) is 1. The van der Waals surface area contributed by atoms with Gasteiger partial charge in [-0.25, -0.2) is 0 Å². The van der Waals surface area contributed by atoms with Crippen LogP contribution in [0.4, 0.5) is 0 Å². The van der Waals surface area contributed by atoms with E-state index < -0.39 is 0 Å². The lowest BCUT2D eigenvalue weighted by Crippen LogP contribution is -2.59. The zero-order valence-electron chi connectivity index (χ0n) is 16.5. The van der Waals surface area contributed by atoms with Crippen molar-refractivity contribution < 1.29 is 9.32 Å². The molecular weight excluding hydrogens is 302 g/mol. The Kier molecular flexibility index (Phi) is 7.94. The Morgan fingerprint density at radius 1 is 1.29 bits per heavy atom. The summed E-state index contributed by atoms with van der Waals surface area (Å²) in [4.78, 5) is 15.1. The number of rotatable bonds is 10.